The van der Waals surface area contributed by atoms with Crippen LogP contribution in [-0.2, 0) is 0 Å². The van der Waals surface area contributed by atoms with Crippen LogP contribution in [0.3, 0.4) is 0 Å². The molecule has 0 aromatic heterocycles. The van der Waals surface area contributed by atoms with E-state index in [1.165, 1.54) is 89.9 Å². The van der Waals surface area contributed by atoms with E-state index in [4.69, 9.17) is 0 Å². The van der Waals surface area contributed by atoms with Crippen molar-refractivity contribution in [3.63, 3.8) is 0 Å². The van der Waals surface area contributed by atoms with Crippen molar-refractivity contribution >= 4 is 0 Å². The lowest BCUT2D eigenvalue weighted by molar-refractivity contribution is 0.181. The molecule has 0 saturated carbocycles. The zero-order valence-corrected chi connectivity index (χ0v) is 14.9. The quantitative estimate of drug-likeness (QED) is 0.290. The maximum absolute atomic E-state index is 2.46. The van der Waals surface area contributed by atoms with Crippen molar-refractivity contribution in [1.82, 2.24) is 0 Å². The van der Waals surface area contributed by atoms with Crippen LogP contribution in [-0.4, -0.2) is 0 Å². The summed E-state index contributed by atoms with van der Waals surface area (Å²) in [7, 11) is 0. The third-order valence-electron chi connectivity index (χ3n) is 5.97. The average molecular weight is 303 g/mol. The van der Waals surface area contributed by atoms with E-state index in [9.17, 15) is 0 Å². The first kappa shape index (κ1) is 17.8. The Labute approximate surface area is 139 Å². The van der Waals surface area contributed by atoms with Gasteiger partial charge in [-0.2, -0.15) is 0 Å². The fraction of sp³-hybridized carbons (Fsp3) is 0.818. The molecule has 0 fully saturated rings. The smallest absolute Gasteiger partial charge is 0.0319 e. The molecule has 0 heterocycles. The van der Waals surface area contributed by atoms with Crippen LogP contribution in [0, 0.1) is 17.8 Å². The molecular weight excluding hydrogens is 264 g/mol. The molecule has 126 valence electrons. The van der Waals surface area contributed by atoms with E-state index in [2.05, 4.69) is 31.2 Å². The Morgan fingerprint density at radius 2 is 1.27 bits per heavy atom. The monoisotopic (exact) mass is 302 g/mol. The molecule has 0 aromatic rings. The summed E-state index contributed by atoms with van der Waals surface area (Å²) < 4.78 is 0. The summed E-state index contributed by atoms with van der Waals surface area (Å²) in [6, 6.07) is 0. The molecule has 2 aliphatic rings. The molecule has 0 aromatic carbocycles. The van der Waals surface area contributed by atoms with E-state index < -0.39 is 0 Å². The van der Waals surface area contributed by atoms with Crippen LogP contribution in [0.5, 0.6) is 0 Å². The van der Waals surface area contributed by atoms with Crippen molar-refractivity contribution in [2.75, 3.05) is 0 Å². The Kier molecular flexibility index (Phi) is 8.98. The van der Waals surface area contributed by atoms with Gasteiger partial charge in [0.25, 0.3) is 0 Å². The summed E-state index contributed by atoms with van der Waals surface area (Å²) >= 11 is 0. The minimum absolute atomic E-state index is 0.988. The standard InChI is InChI=1S/C22H38/c1-2-3-4-5-6-7-14-19-22(20-15-10-8-11-16-20)21-17-12-9-13-18-21/h8-10,12,20-22H,2-7,11,13-19H2,1H3. The van der Waals surface area contributed by atoms with Crippen LogP contribution in [0.25, 0.3) is 0 Å². The van der Waals surface area contributed by atoms with Crippen molar-refractivity contribution in [2.24, 2.45) is 17.8 Å². The topological polar surface area (TPSA) is 0 Å². The summed E-state index contributed by atoms with van der Waals surface area (Å²) in [6.45, 7) is 2.31. The minimum Gasteiger partial charge on any atom is -0.0885 e. The van der Waals surface area contributed by atoms with Gasteiger partial charge in [-0.25, -0.2) is 0 Å². The maximum atomic E-state index is 2.46. The zero-order valence-electron chi connectivity index (χ0n) is 14.9. The van der Waals surface area contributed by atoms with E-state index in [0.717, 1.165) is 17.8 Å². The van der Waals surface area contributed by atoms with Gasteiger partial charge in [0.1, 0.15) is 0 Å². The lowest BCUT2D eigenvalue weighted by Crippen LogP contribution is -2.25. The van der Waals surface area contributed by atoms with E-state index in [1.807, 2.05) is 0 Å². The van der Waals surface area contributed by atoms with E-state index in [1.54, 1.807) is 0 Å². The minimum atomic E-state index is 0.988. The van der Waals surface area contributed by atoms with Crippen LogP contribution in [0.4, 0.5) is 0 Å². The molecule has 0 nitrogen and oxygen atoms in total. The SMILES string of the molecule is CCCCCCCCCC(C1CC=CCC1)C1CC=CCC1. The molecule has 0 bridgehead atoms. The van der Waals surface area contributed by atoms with Gasteiger partial charge >= 0.3 is 0 Å². The van der Waals surface area contributed by atoms with Crippen LogP contribution in [0.1, 0.15) is 96.8 Å². The zero-order chi connectivity index (χ0) is 15.5. The van der Waals surface area contributed by atoms with Gasteiger partial charge < -0.3 is 0 Å². The number of allylic oxidation sites excluding steroid dienone is 4. The predicted octanol–water partition coefficient (Wildman–Crippen LogP) is 7.46. The summed E-state index contributed by atoms with van der Waals surface area (Å²) in [5.41, 5.74) is 0. The largest absolute Gasteiger partial charge is 0.0885 e. The third kappa shape index (κ3) is 6.31. The van der Waals surface area contributed by atoms with Gasteiger partial charge in [0.05, 0.1) is 0 Å². The normalized spacial score (nSPS) is 26.2. The first-order valence-corrected chi connectivity index (χ1v) is 10.2. The van der Waals surface area contributed by atoms with Crippen LogP contribution in [0.2, 0.25) is 0 Å². The Balaban J connectivity index is 1.72. The van der Waals surface area contributed by atoms with Crippen LogP contribution < -0.4 is 0 Å². The molecule has 2 aliphatic carbocycles. The molecule has 0 heteroatoms. The molecule has 2 atom stereocenters. The molecule has 2 rings (SSSR count). The summed E-state index contributed by atoms with van der Waals surface area (Å²) in [6.07, 6.45) is 29.7. The molecule has 0 amide bonds. The summed E-state index contributed by atoms with van der Waals surface area (Å²) in [5.74, 6) is 2.98. The number of hydrogen-bond donors (Lipinski definition) is 0. The third-order valence-corrected chi connectivity index (χ3v) is 5.97. The highest BCUT2D eigenvalue weighted by Crippen LogP contribution is 2.39. The van der Waals surface area contributed by atoms with Crippen LogP contribution >= 0.6 is 0 Å². The van der Waals surface area contributed by atoms with Crippen molar-refractivity contribution in [1.29, 1.82) is 0 Å². The van der Waals surface area contributed by atoms with Crippen molar-refractivity contribution < 1.29 is 0 Å². The average Bonchev–Trinajstić information content (AvgIpc) is 2.59. The highest BCUT2D eigenvalue weighted by atomic mass is 14.3. The van der Waals surface area contributed by atoms with Gasteiger partial charge in [-0.05, 0) is 62.7 Å². The fourth-order valence-electron chi connectivity index (χ4n) is 4.61. The number of rotatable bonds is 10. The molecule has 22 heavy (non-hydrogen) atoms. The molecular formula is C22H38. The number of unbranched alkanes of at least 4 members (excludes halogenated alkanes) is 6. The van der Waals surface area contributed by atoms with E-state index in [-0.39, 0.29) is 0 Å². The molecule has 0 saturated heterocycles. The molecule has 0 radical (unpaired) electrons. The van der Waals surface area contributed by atoms with Gasteiger partial charge in [0, 0.05) is 0 Å². The van der Waals surface area contributed by atoms with Gasteiger partial charge in [0.2, 0.25) is 0 Å². The van der Waals surface area contributed by atoms with Crippen molar-refractivity contribution in [3.05, 3.63) is 24.3 Å². The second-order valence-corrected chi connectivity index (χ2v) is 7.66. The first-order chi connectivity index (χ1) is 10.9. The lowest BCUT2D eigenvalue weighted by atomic mass is 9.70. The summed E-state index contributed by atoms with van der Waals surface area (Å²) in [4.78, 5) is 0. The molecule has 0 N–H and O–H groups in total. The van der Waals surface area contributed by atoms with Crippen LogP contribution in [0.15, 0.2) is 24.3 Å². The lowest BCUT2D eigenvalue weighted by Gasteiger charge is -2.35. The first-order valence-electron chi connectivity index (χ1n) is 10.2. The second-order valence-electron chi connectivity index (χ2n) is 7.66. The fourth-order valence-corrected chi connectivity index (χ4v) is 4.61. The van der Waals surface area contributed by atoms with Gasteiger partial charge in [-0.15, -0.1) is 0 Å². The molecule has 0 spiro atoms. The highest BCUT2D eigenvalue weighted by Gasteiger charge is 2.28. The Morgan fingerprint density at radius 1 is 0.727 bits per heavy atom. The van der Waals surface area contributed by atoms with Crippen molar-refractivity contribution in [3.8, 4) is 0 Å². The molecule has 0 aliphatic heterocycles. The highest BCUT2D eigenvalue weighted by molar-refractivity contribution is 4.97. The Hall–Kier alpha value is -0.520. The second kappa shape index (κ2) is 11.1. The van der Waals surface area contributed by atoms with Gasteiger partial charge in [-0.1, -0.05) is 76.2 Å². The Morgan fingerprint density at radius 3 is 1.77 bits per heavy atom. The van der Waals surface area contributed by atoms with Gasteiger partial charge in [0.15, 0.2) is 0 Å². The number of hydrogen-bond acceptors (Lipinski definition) is 0. The summed E-state index contributed by atoms with van der Waals surface area (Å²) in [5, 5.41) is 0. The van der Waals surface area contributed by atoms with Crippen molar-refractivity contribution in [2.45, 2.75) is 96.8 Å². The molecule has 2 unspecified atom stereocenters. The van der Waals surface area contributed by atoms with E-state index >= 15 is 0 Å². The van der Waals surface area contributed by atoms with Gasteiger partial charge in [-0.3, -0.25) is 0 Å². The maximum Gasteiger partial charge on any atom is -0.0319 e. The van der Waals surface area contributed by atoms with E-state index in [0.29, 0.717) is 0 Å². The Bertz CT molecular complexity index is 301. The predicted molar refractivity (Wildman–Crippen MR) is 99.1 cm³/mol.